The van der Waals surface area contributed by atoms with Crippen LogP contribution >= 0.6 is 12.4 Å². The standard InChI is InChI=1S/C18H21NO.ClH/c1-20-18-9-5-8-16-15(12-19)10-14(11-17(16)18)13-6-3-2-4-7-13;/h2-9,14-15H,10-12,19H2,1H3;1H. The van der Waals surface area contributed by atoms with Crippen LogP contribution in [-0.4, -0.2) is 13.7 Å². The van der Waals surface area contributed by atoms with E-state index in [9.17, 15) is 0 Å². The highest BCUT2D eigenvalue weighted by atomic mass is 35.5. The molecule has 112 valence electrons. The summed E-state index contributed by atoms with van der Waals surface area (Å²) in [6.07, 6.45) is 2.17. The van der Waals surface area contributed by atoms with Gasteiger partial charge in [-0.05, 0) is 54.0 Å². The summed E-state index contributed by atoms with van der Waals surface area (Å²) < 4.78 is 5.55. The summed E-state index contributed by atoms with van der Waals surface area (Å²) in [5.74, 6) is 1.97. The van der Waals surface area contributed by atoms with Gasteiger partial charge in [-0.3, -0.25) is 0 Å². The number of rotatable bonds is 3. The molecule has 0 saturated carbocycles. The Balaban J connectivity index is 0.00000161. The van der Waals surface area contributed by atoms with Crippen molar-refractivity contribution in [1.29, 1.82) is 0 Å². The van der Waals surface area contributed by atoms with Crippen LogP contribution in [0.4, 0.5) is 0 Å². The van der Waals surface area contributed by atoms with Crippen LogP contribution in [0, 0.1) is 0 Å². The molecule has 21 heavy (non-hydrogen) atoms. The van der Waals surface area contributed by atoms with Crippen LogP contribution in [0.5, 0.6) is 5.75 Å². The first-order valence-electron chi connectivity index (χ1n) is 7.24. The quantitative estimate of drug-likeness (QED) is 0.933. The summed E-state index contributed by atoms with van der Waals surface area (Å²) in [4.78, 5) is 0. The first kappa shape index (κ1) is 15.9. The lowest BCUT2D eigenvalue weighted by Gasteiger charge is -2.32. The molecule has 0 heterocycles. The van der Waals surface area contributed by atoms with Gasteiger partial charge in [-0.1, -0.05) is 42.5 Å². The molecule has 2 N–H and O–H groups in total. The minimum atomic E-state index is 0. The highest BCUT2D eigenvalue weighted by Crippen LogP contribution is 2.42. The van der Waals surface area contributed by atoms with Gasteiger partial charge in [-0.15, -0.1) is 12.4 Å². The highest BCUT2D eigenvalue weighted by Gasteiger charge is 2.28. The highest BCUT2D eigenvalue weighted by molar-refractivity contribution is 5.85. The van der Waals surface area contributed by atoms with Gasteiger partial charge >= 0.3 is 0 Å². The number of methoxy groups -OCH3 is 1. The molecule has 0 aliphatic heterocycles. The van der Waals surface area contributed by atoms with Crippen molar-refractivity contribution in [3.05, 3.63) is 65.2 Å². The van der Waals surface area contributed by atoms with E-state index in [1.54, 1.807) is 7.11 Å². The van der Waals surface area contributed by atoms with Crippen molar-refractivity contribution in [2.45, 2.75) is 24.7 Å². The van der Waals surface area contributed by atoms with Crippen LogP contribution < -0.4 is 10.5 Å². The molecule has 0 saturated heterocycles. The minimum Gasteiger partial charge on any atom is -0.496 e. The first-order valence-corrected chi connectivity index (χ1v) is 7.24. The zero-order chi connectivity index (χ0) is 13.9. The van der Waals surface area contributed by atoms with E-state index in [2.05, 4.69) is 48.5 Å². The monoisotopic (exact) mass is 303 g/mol. The van der Waals surface area contributed by atoms with E-state index in [1.165, 1.54) is 16.7 Å². The Labute approximate surface area is 132 Å². The summed E-state index contributed by atoms with van der Waals surface area (Å²) in [5, 5.41) is 0. The van der Waals surface area contributed by atoms with Crippen LogP contribution in [0.15, 0.2) is 48.5 Å². The molecule has 0 aromatic heterocycles. The molecule has 3 heteroatoms. The van der Waals surface area contributed by atoms with Crippen LogP contribution in [0.25, 0.3) is 0 Å². The molecule has 0 fully saturated rings. The maximum atomic E-state index is 6.01. The van der Waals surface area contributed by atoms with Gasteiger partial charge in [-0.25, -0.2) is 0 Å². The maximum absolute atomic E-state index is 6.01. The van der Waals surface area contributed by atoms with Gasteiger partial charge in [0.25, 0.3) is 0 Å². The molecular formula is C18H22ClNO. The topological polar surface area (TPSA) is 35.2 Å². The van der Waals surface area contributed by atoms with Crippen molar-refractivity contribution in [3.63, 3.8) is 0 Å². The van der Waals surface area contributed by atoms with E-state index in [1.807, 2.05) is 0 Å². The molecule has 0 radical (unpaired) electrons. The van der Waals surface area contributed by atoms with Gasteiger partial charge in [0, 0.05) is 0 Å². The SMILES string of the molecule is COc1cccc2c1CC(c1ccccc1)CC2CN.Cl. The first-order chi connectivity index (χ1) is 9.83. The van der Waals surface area contributed by atoms with E-state index < -0.39 is 0 Å². The van der Waals surface area contributed by atoms with Crippen molar-refractivity contribution < 1.29 is 4.74 Å². The van der Waals surface area contributed by atoms with Gasteiger partial charge < -0.3 is 10.5 Å². The predicted octanol–water partition coefficient (Wildman–Crippen LogP) is 3.89. The summed E-state index contributed by atoms with van der Waals surface area (Å²) in [5.41, 5.74) is 10.1. The van der Waals surface area contributed by atoms with E-state index >= 15 is 0 Å². The Morgan fingerprint density at radius 2 is 1.86 bits per heavy atom. The Hall–Kier alpha value is -1.51. The predicted molar refractivity (Wildman–Crippen MR) is 89.5 cm³/mol. The Morgan fingerprint density at radius 1 is 1.10 bits per heavy atom. The summed E-state index contributed by atoms with van der Waals surface area (Å²) in [6, 6.07) is 17.1. The number of fused-ring (bicyclic) bond motifs is 1. The van der Waals surface area contributed by atoms with Gasteiger partial charge in [0.2, 0.25) is 0 Å². The second-order valence-electron chi connectivity index (χ2n) is 5.51. The van der Waals surface area contributed by atoms with Gasteiger partial charge in [0.15, 0.2) is 0 Å². The summed E-state index contributed by atoms with van der Waals surface area (Å²) in [7, 11) is 1.75. The van der Waals surface area contributed by atoms with E-state index in [0.29, 0.717) is 18.4 Å². The van der Waals surface area contributed by atoms with Crippen molar-refractivity contribution in [1.82, 2.24) is 0 Å². The lowest BCUT2D eigenvalue weighted by Crippen LogP contribution is -2.23. The fourth-order valence-corrected chi connectivity index (χ4v) is 3.38. The number of halogens is 1. The van der Waals surface area contributed by atoms with Crippen LogP contribution in [0.1, 0.15) is 34.9 Å². The number of ether oxygens (including phenoxy) is 1. The maximum Gasteiger partial charge on any atom is 0.122 e. The number of nitrogens with two attached hydrogens (primary N) is 1. The van der Waals surface area contributed by atoms with Gasteiger partial charge in [0.05, 0.1) is 7.11 Å². The molecule has 0 amide bonds. The summed E-state index contributed by atoms with van der Waals surface area (Å²) >= 11 is 0. The third-order valence-corrected chi connectivity index (χ3v) is 4.40. The van der Waals surface area contributed by atoms with Crippen molar-refractivity contribution >= 4 is 12.4 Å². The Bertz CT molecular complexity index is 585. The van der Waals surface area contributed by atoms with E-state index in [4.69, 9.17) is 10.5 Å². The lowest BCUT2D eigenvalue weighted by atomic mass is 9.74. The molecule has 2 nitrogen and oxygen atoms in total. The number of hydrogen-bond donors (Lipinski definition) is 1. The Morgan fingerprint density at radius 3 is 2.52 bits per heavy atom. The van der Waals surface area contributed by atoms with E-state index in [0.717, 1.165) is 18.6 Å². The largest absolute Gasteiger partial charge is 0.496 e. The van der Waals surface area contributed by atoms with Crippen LogP contribution in [0.2, 0.25) is 0 Å². The zero-order valence-corrected chi connectivity index (χ0v) is 13.1. The average Bonchev–Trinajstić information content (AvgIpc) is 2.54. The van der Waals surface area contributed by atoms with Crippen LogP contribution in [0.3, 0.4) is 0 Å². The lowest BCUT2D eigenvalue weighted by molar-refractivity contribution is 0.397. The van der Waals surface area contributed by atoms with Crippen LogP contribution in [-0.2, 0) is 6.42 Å². The number of hydrogen-bond acceptors (Lipinski definition) is 2. The smallest absolute Gasteiger partial charge is 0.122 e. The molecular weight excluding hydrogens is 282 g/mol. The minimum absolute atomic E-state index is 0. The third kappa shape index (κ3) is 3.07. The molecule has 0 spiro atoms. The zero-order valence-electron chi connectivity index (χ0n) is 12.3. The molecule has 2 aromatic rings. The fraction of sp³-hybridized carbons (Fsp3) is 0.333. The molecule has 2 aromatic carbocycles. The van der Waals surface area contributed by atoms with Gasteiger partial charge in [0.1, 0.15) is 5.75 Å². The van der Waals surface area contributed by atoms with Crippen molar-refractivity contribution in [2.75, 3.05) is 13.7 Å². The fourth-order valence-electron chi connectivity index (χ4n) is 3.38. The second kappa shape index (κ2) is 6.97. The molecule has 0 bridgehead atoms. The Kier molecular flexibility index (Phi) is 5.27. The van der Waals surface area contributed by atoms with E-state index in [-0.39, 0.29) is 12.4 Å². The average molecular weight is 304 g/mol. The molecule has 2 unspecified atom stereocenters. The second-order valence-corrected chi connectivity index (χ2v) is 5.51. The normalized spacial score (nSPS) is 20.3. The third-order valence-electron chi connectivity index (χ3n) is 4.40. The summed E-state index contributed by atoms with van der Waals surface area (Å²) in [6.45, 7) is 0.698. The molecule has 3 rings (SSSR count). The molecule has 1 aliphatic rings. The molecule has 1 aliphatic carbocycles. The number of benzene rings is 2. The van der Waals surface area contributed by atoms with Crippen molar-refractivity contribution in [3.8, 4) is 5.75 Å². The molecule has 2 atom stereocenters. The van der Waals surface area contributed by atoms with Crippen molar-refractivity contribution in [2.24, 2.45) is 5.73 Å². The van der Waals surface area contributed by atoms with Gasteiger partial charge in [-0.2, -0.15) is 0 Å².